The summed E-state index contributed by atoms with van der Waals surface area (Å²) in [6.45, 7) is 1.61. The van der Waals surface area contributed by atoms with Crippen molar-refractivity contribution in [2.24, 2.45) is 16.8 Å². The number of ether oxygens (including phenoxy) is 2. The fourth-order valence-corrected chi connectivity index (χ4v) is 5.08. The number of carbonyl (C=O) groups excluding carboxylic acids is 1. The molecule has 35 heavy (non-hydrogen) atoms. The number of benzene rings is 2. The van der Waals surface area contributed by atoms with Crippen LogP contribution in [0, 0.1) is 23.2 Å². The van der Waals surface area contributed by atoms with E-state index in [1.54, 1.807) is 43.4 Å². The van der Waals surface area contributed by atoms with Gasteiger partial charge in [-0.05, 0) is 73.1 Å². The van der Waals surface area contributed by atoms with Crippen molar-refractivity contribution in [3.63, 3.8) is 0 Å². The summed E-state index contributed by atoms with van der Waals surface area (Å²) in [4.78, 5) is 31.4. The number of nitrogens with zero attached hydrogens (tertiary/aromatic N) is 3. The number of piperidine rings is 1. The van der Waals surface area contributed by atoms with E-state index in [1.807, 2.05) is 12.1 Å². The standard InChI is InChI=1S/C27H29N3O5/c1-34-24-12-20-7-9-29-23(22(20)14-25(24)35-2)11-21-16-30(10-8-19(21)13-26(31)32)27(33)18-5-3-17(15-28)4-6-18/h3-6,12,14,19,21H,7-11,13,16H2,1-2H3,(H,31,32). The minimum Gasteiger partial charge on any atom is -0.493 e. The van der Waals surface area contributed by atoms with Crippen molar-refractivity contribution < 1.29 is 24.2 Å². The van der Waals surface area contributed by atoms with Gasteiger partial charge in [-0.15, -0.1) is 0 Å². The van der Waals surface area contributed by atoms with E-state index in [2.05, 4.69) is 6.07 Å². The number of carboxylic acid groups (broad SMARTS) is 1. The molecule has 0 bridgehead atoms. The normalized spacial score (nSPS) is 19.2. The molecule has 0 aromatic heterocycles. The number of carbonyl (C=O) groups is 2. The zero-order valence-electron chi connectivity index (χ0n) is 20.0. The molecule has 2 aliphatic heterocycles. The van der Waals surface area contributed by atoms with Gasteiger partial charge in [0, 0.05) is 42.9 Å². The lowest BCUT2D eigenvalue weighted by Crippen LogP contribution is -2.45. The highest BCUT2D eigenvalue weighted by Gasteiger charge is 2.35. The van der Waals surface area contributed by atoms with E-state index in [1.165, 1.54) is 0 Å². The maximum atomic E-state index is 13.2. The van der Waals surface area contributed by atoms with Gasteiger partial charge in [-0.25, -0.2) is 0 Å². The van der Waals surface area contributed by atoms with E-state index in [4.69, 9.17) is 19.7 Å². The number of hydrogen-bond acceptors (Lipinski definition) is 6. The van der Waals surface area contributed by atoms with Crippen molar-refractivity contribution in [3.05, 3.63) is 58.7 Å². The van der Waals surface area contributed by atoms with E-state index >= 15 is 0 Å². The number of hydrogen-bond donors (Lipinski definition) is 1. The van der Waals surface area contributed by atoms with Crippen LogP contribution in [0.1, 0.15) is 46.3 Å². The first-order valence-electron chi connectivity index (χ1n) is 11.7. The molecule has 2 aromatic rings. The first-order valence-corrected chi connectivity index (χ1v) is 11.7. The lowest BCUT2D eigenvalue weighted by molar-refractivity contribution is -0.138. The third-order valence-corrected chi connectivity index (χ3v) is 6.94. The number of carboxylic acids is 1. The number of fused-ring (bicyclic) bond motifs is 1. The van der Waals surface area contributed by atoms with Crippen LogP contribution in [0.2, 0.25) is 0 Å². The van der Waals surface area contributed by atoms with Crippen LogP contribution >= 0.6 is 0 Å². The molecule has 1 fully saturated rings. The Labute approximate surface area is 204 Å². The molecule has 2 aliphatic rings. The second-order valence-corrected chi connectivity index (χ2v) is 8.99. The highest BCUT2D eigenvalue weighted by molar-refractivity contribution is 6.03. The molecule has 0 aliphatic carbocycles. The molecule has 8 nitrogen and oxygen atoms in total. The molecule has 1 amide bonds. The third-order valence-electron chi connectivity index (χ3n) is 6.94. The average molecular weight is 476 g/mol. The molecule has 0 radical (unpaired) electrons. The molecular formula is C27H29N3O5. The Morgan fingerprint density at radius 3 is 2.51 bits per heavy atom. The van der Waals surface area contributed by atoms with Crippen LogP contribution in [0.5, 0.6) is 11.5 Å². The number of aliphatic imine (C=N–C) groups is 1. The Balaban J connectivity index is 1.58. The summed E-state index contributed by atoms with van der Waals surface area (Å²) in [6, 6.07) is 12.6. The summed E-state index contributed by atoms with van der Waals surface area (Å²) in [5, 5.41) is 18.5. The summed E-state index contributed by atoms with van der Waals surface area (Å²) in [5.74, 6) is 0.276. The predicted molar refractivity (Wildman–Crippen MR) is 130 cm³/mol. The predicted octanol–water partition coefficient (Wildman–Crippen LogP) is 3.56. The molecule has 1 saturated heterocycles. The van der Waals surface area contributed by atoms with Crippen LogP contribution in [-0.4, -0.2) is 61.4 Å². The fourth-order valence-electron chi connectivity index (χ4n) is 5.08. The van der Waals surface area contributed by atoms with Gasteiger partial charge < -0.3 is 19.5 Å². The van der Waals surface area contributed by atoms with Crippen LogP contribution in [0.4, 0.5) is 0 Å². The molecule has 1 N–H and O–H groups in total. The minimum atomic E-state index is -0.829. The van der Waals surface area contributed by atoms with Crippen LogP contribution in [0.3, 0.4) is 0 Å². The van der Waals surface area contributed by atoms with Gasteiger partial charge in [-0.3, -0.25) is 14.6 Å². The Hall–Kier alpha value is -3.86. The van der Waals surface area contributed by atoms with Gasteiger partial charge in [0.1, 0.15) is 0 Å². The lowest BCUT2D eigenvalue weighted by Gasteiger charge is -2.39. The third kappa shape index (κ3) is 5.29. The van der Waals surface area contributed by atoms with E-state index < -0.39 is 5.97 Å². The number of methoxy groups -OCH3 is 2. The summed E-state index contributed by atoms with van der Waals surface area (Å²) in [6.07, 6.45) is 2.06. The first kappa shape index (κ1) is 24.3. The van der Waals surface area contributed by atoms with Crippen molar-refractivity contribution in [2.45, 2.75) is 25.7 Å². The van der Waals surface area contributed by atoms with E-state index in [0.717, 1.165) is 23.3 Å². The molecule has 4 rings (SSSR count). The van der Waals surface area contributed by atoms with Crippen molar-refractivity contribution >= 4 is 17.6 Å². The number of nitriles is 1. The number of rotatable bonds is 7. The molecule has 0 saturated carbocycles. The molecule has 2 aromatic carbocycles. The van der Waals surface area contributed by atoms with Gasteiger partial charge in [0.15, 0.2) is 11.5 Å². The fraction of sp³-hybridized carbons (Fsp3) is 0.407. The smallest absolute Gasteiger partial charge is 0.303 e. The van der Waals surface area contributed by atoms with Gasteiger partial charge in [0.25, 0.3) is 5.91 Å². The Bertz CT molecular complexity index is 1180. The maximum Gasteiger partial charge on any atom is 0.303 e. The van der Waals surface area contributed by atoms with E-state index in [9.17, 15) is 14.7 Å². The van der Waals surface area contributed by atoms with E-state index in [0.29, 0.717) is 55.1 Å². The monoisotopic (exact) mass is 475 g/mol. The lowest BCUT2D eigenvalue weighted by atomic mass is 9.78. The highest BCUT2D eigenvalue weighted by Crippen LogP contribution is 2.36. The Kier molecular flexibility index (Phi) is 7.35. The van der Waals surface area contributed by atoms with Gasteiger partial charge >= 0.3 is 5.97 Å². The van der Waals surface area contributed by atoms with Gasteiger partial charge in [-0.2, -0.15) is 5.26 Å². The first-order chi connectivity index (χ1) is 16.9. The number of aliphatic carboxylic acids is 1. The van der Waals surface area contributed by atoms with Gasteiger partial charge in [0.2, 0.25) is 0 Å². The van der Waals surface area contributed by atoms with Crippen LogP contribution in [0.25, 0.3) is 0 Å². The largest absolute Gasteiger partial charge is 0.493 e. The average Bonchev–Trinajstić information content (AvgIpc) is 2.88. The summed E-state index contributed by atoms with van der Waals surface area (Å²) in [7, 11) is 3.21. The van der Waals surface area contributed by atoms with Crippen molar-refractivity contribution in [2.75, 3.05) is 33.9 Å². The molecular weight excluding hydrogens is 446 g/mol. The SMILES string of the molecule is COc1cc2c(cc1OC)C(CC1CN(C(=O)c3ccc(C#N)cc3)CCC1CC(=O)O)=NCC2. The van der Waals surface area contributed by atoms with Crippen molar-refractivity contribution in [1.29, 1.82) is 5.26 Å². The molecule has 182 valence electrons. The number of likely N-dealkylation sites (tertiary alicyclic amines) is 1. The van der Waals surface area contributed by atoms with Crippen LogP contribution in [0.15, 0.2) is 41.4 Å². The highest BCUT2D eigenvalue weighted by atomic mass is 16.5. The molecule has 0 spiro atoms. The van der Waals surface area contributed by atoms with Crippen molar-refractivity contribution in [1.82, 2.24) is 4.90 Å². The second kappa shape index (κ2) is 10.6. The maximum absolute atomic E-state index is 13.2. The minimum absolute atomic E-state index is 0.0417. The Morgan fingerprint density at radius 1 is 1.14 bits per heavy atom. The molecule has 2 atom stereocenters. The number of amides is 1. The van der Waals surface area contributed by atoms with Gasteiger partial charge in [-0.1, -0.05) is 0 Å². The topological polar surface area (TPSA) is 112 Å². The zero-order chi connectivity index (χ0) is 24.9. The van der Waals surface area contributed by atoms with E-state index in [-0.39, 0.29) is 24.2 Å². The summed E-state index contributed by atoms with van der Waals surface area (Å²) < 4.78 is 11.0. The van der Waals surface area contributed by atoms with Crippen LogP contribution in [-0.2, 0) is 11.2 Å². The summed E-state index contributed by atoms with van der Waals surface area (Å²) >= 11 is 0. The van der Waals surface area contributed by atoms with Crippen LogP contribution < -0.4 is 9.47 Å². The Morgan fingerprint density at radius 2 is 1.86 bits per heavy atom. The molecule has 2 heterocycles. The quantitative estimate of drug-likeness (QED) is 0.655. The molecule has 2 unspecified atom stereocenters. The van der Waals surface area contributed by atoms with Crippen molar-refractivity contribution in [3.8, 4) is 17.6 Å². The zero-order valence-corrected chi connectivity index (χ0v) is 20.0. The second-order valence-electron chi connectivity index (χ2n) is 8.99. The summed E-state index contributed by atoms with van der Waals surface area (Å²) in [5.41, 5.74) is 4.07. The van der Waals surface area contributed by atoms with Gasteiger partial charge in [0.05, 0.1) is 25.9 Å². The molecule has 8 heteroatoms.